The van der Waals surface area contributed by atoms with Crippen LogP contribution in [0.2, 0.25) is 0 Å². The van der Waals surface area contributed by atoms with Crippen LogP contribution in [0.25, 0.3) is 17.3 Å². The van der Waals surface area contributed by atoms with E-state index in [9.17, 15) is 4.79 Å². The highest BCUT2D eigenvalue weighted by Gasteiger charge is 2.12. The molecule has 4 N–H and O–H groups in total. The summed E-state index contributed by atoms with van der Waals surface area (Å²) >= 11 is 0. The van der Waals surface area contributed by atoms with Crippen LogP contribution in [-0.4, -0.2) is 59.3 Å². The van der Waals surface area contributed by atoms with Crippen LogP contribution in [0.1, 0.15) is 23.6 Å². The smallest absolute Gasteiger partial charge is 0.257 e. The number of aromatic nitrogens is 3. The first-order valence-corrected chi connectivity index (χ1v) is 11.5. The summed E-state index contributed by atoms with van der Waals surface area (Å²) in [6.45, 7) is 11.0. The third-order valence-corrected chi connectivity index (χ3v) is 5.72. The zero-order chi connectivity index (χ0) is 24.6. The molecular formula is C26H30N6O3. The van der Waals surface area contributed by atoms with Crippen LogP contribution in [-0.2, 0) is 4.74 Å². The van der Waals surface area contributed by atoms with Crippen molar-refractivity contribution < 1.29 is 9.47 Å². The molecule has 182 valence electrons. The number of ether oxygens (including phenoxy) is 2. The number of hydrogen-bond acceptors (Lipinski definition) is 8. The average molecular weight is 475 g/mol. The van der Waals surface area contributed by atoms with Gasteiger partial charge in [-0.05, 0) is 48.4 Å². The average Bonchev–Trinajstić information content (AvgIpc) is 2.86. The quantitative estimate of drug-likeness (QED) is 0.433. The van der Waals surface area contributed by atoms with E-state index in [1.54, 1.807) is 18.6 Å². The minimum Gasteiger partial charge on any atom is -0.492 e. The SMILES string of the molecule is C=C(Nc1ccc(OCCN2CCOCC2)cc1)c1c(/C=C(\C)c2cnc(N)nc2)cc[nH]c1=O. The Kier molecular flexibility index (Phi) is 7.92. The van der Waals surface area contributed by atoms with Crippen molar-refractivity contribution >= 4 is 29.0 Å². The topological polar surface area (TPSA) is 118 Å². The minimum atomic E-state index is -0.235. The van der Waals surface area contributed by atoms with E-state index in [1.807, 2.05) is 43.3 Å². The van der Waals surface area contributed by atoms with Crippen molar-refractivity contribution in [2.45, 2.75) is 6.92 Å². The fourth-order valence-corrected chi connectivity index (χ4v) is 3.77. The normalized spacial score (nSPS) is 14.5. The molecule has 1 aliphatic rings. The number of hydrogen-bond donors (Lipinski definition) is 3. The van der Waals surface area contributed by atoms with Crippen LogP contribution < -0.4 is 21.3 Å². The summed E-state index contributed by atoms with van der Waals surface area (Å²) in [5.41, 5.74) is 9.52. The first-order chi connectivity index (χ1) is 17.0. The van der Waals surface area contributed by atoms with Crippen LogP contribution in [0.3, 0.4) is 0 Å². The summed E-state index contributed by atoms with van der Waals surface area (Å²) in [5.74, 6) is 1.00. The van der Waals surface area contributed by atoms with Crippen LogP contribution in [0.15, 0.2) is 60.3 Å². The Bertz CT molecular complexity index is 1230. The van der Waals surface area contributed by atoms with Crippen LogP contribution in [0.4, 0.5) is 11.6 Å². The third-order valence-electron chi connectivity index (χ3n) is 5.72. The lowest BCUT2D eigenvalue weighted by Crippen LogP contribution is -2.38. The van der Waals surface area contributed by atoms with E-state index in [0.717, 1.165) is 61.0 Å². The molecule has 0 atom stereocenters. The van der Waals surface area contributed by atoms with Crippen LogP contribution in [0.5, 0.6) is 5.75 Å². The van der Waals surface area contributed by atoms with Gasteiger partial charge in [0.25, 0.3) is 5.56 Å². The van der Waals surface area contributed by atoms with Gasteiger partial charge in [-0.3, -0.25) is 9.69 Å². The van der Waals surface area contributed by atoms with Gasteiger partial charge in [0.1, 0.15) is 12.4 Å². The van der Waals surface area contributed by atoms with E-state index in [4.69, 9.17) is 15.2 Å². The molecule has 9 heteroatoms. The zero-order valence-corrected chi connectivity index (χ0v) is 19.8. The molecule has 4 rings (SSSR count). The Morgan fingerprint density at radius 2 is 1.94 bits per heavy atom. The first-order valence-electron chi connectivity index (χ1n) is 11.5. The maximum absolute atomic E-state index is 12.7. The number of nitrogens with one attached hydrogen (secondary N) is 2. The molecule has 1 aromatic carbocycles. The molecule has 0 radical (unpaired) electrons. The molecule has 35 heavy (non-hydrogen) atoms. The van der Waals surface area contributed by atoms with E-state index in [-0.39, 0.29) is 11.5 Å². The lowest BCUT2D eigenvalue weighted by molar-refractivity contribution is 0.0322. The monoisotopic (exact) mass is 474 g/mol. The molecule has 0 amide bonds. The second-order valence-corrected chi connectivity index (χ2v) is 8.22. The van der Waals surface area contributed by atoms with Crippen LogP contribution >= 0.6 is 0 Å². The van der Waals surface area contributed by atoms with Crippen molar-refractivity contribution in [2.24, 2.45) is 0 Å². The van der Waals surface area contributed by atoms with Crippen molar-refractivity contribution in [2.75, 3.05) is 50.5 Å². The second kappa shape index (κ2) is 11.5. The number of rotatable bonds is 9. The molecule has 1 fully saturated rings. The molecule has 3 heterocycles. The van der Waals surface area contributed by atoms with Gasteiger partial charge < -0.3 is 25.5 Å². The van der Waals surface area contributed by atoms with E-state index < -0.39 is 0 Å². The van der Waals surface area contributed by atoms with Gasteiger partial charge in [0.15, 0.2) is 0 Å². The van der Waals surface area contributed by atoms with Crippen molar-refractivity contribution in [3.05, 3.63) is 82.5 Å². The molecule has 0 unspecified atom stereocenters. The molecule has 9 nitrogen and oxygen atoms in total. The summed E-state index contributed by atoms with van der Waals surface area (Å²) in [5, 5.41) is 3.23. The van der Waals surface area contributed by atoms with Crippen molar-refractivity contribution in [1.29, 1.82) is 0 Å². The highest BCUT2D eigenvalue weighted by Crippen LogP contribution is 2.23. The second-order valence-electron chi connectivity index (χ2n) is 8.22. The minimum absolute atomic E-state index is 0.212. The van der Waals surface area contributed by atoms with Gasteiger partial charge in [0.2, 0.25) is 5.95 Å². The molecule has 3 aromatic rings. The number of H-pyrrole nitrogens is 1. The van der Waals surface area contributed by atoms with Gasteiger partial charge in [-0.25, -0.2) is 9.97 Å². The summed E-state index contributed by atoms with van der Waals surface area (Å²) in [7, 11) is 0. The van der Waals surface area contributed by atoms with Gasteiger partial charge in [-0.15, -0.1) is 0 Å². The largest absolute Gasteiger partial charge is 0.492 e. The lowest BCUT2D eigenvalue weighted by atomic mass is 10.0. The molecule has 1 saturated heterocycles. The Balaban J connectivity index is 1.41. The molecule has 1 aliphatic heterocycles. The molecular weight excluding hydrogens is 444 g/mol. The number of aromatic amines is 1. The lowest BCUT2D eigenvalue weighted by Gasteiger charge is -2.26. The van der Waals surface area contributed by atoms with Crippen molar-refractivity contribution in [1.82, 2.24) is 19.9 Å². The fourth-order valence-electron chi connectivity index (χ4n) is 3.77. The molecule has 0 spiro atoms. The van der Waals surface area contributed by atoms with Gasteiger partial charge in [-0.2, -0.15) is 0 Å². The molecule has 0 bridgehead atoms. The Morgan fingerprint density at radius 3 is 2.66 bits per heavy atom. The predicted octanol–water partition coefficient (Wildman–Crippen LogP) is 3.10. The van der Waals surface area contributed by atoms with Gasteiger partial charge in [0, 0.05) is 55.2 Å². The predicted molar refractivity (Wildman–Crippen MR) is 139 cm³/mol. The number of nitrogens with two attached hydrogens (primary N) is 1. The van der Waals surface area contributed by atoms with E-state index in [2.05, 4.69) is 31.7 Å². The molecule has 2 aromatic heterocycles. The molecule has 0 aliphatic carbocycles. The van der Waals surface area contributed by atoms with Crippen molar-refractivity contribution in [3.63, 3.8) is 0 Å². The number of allylic oxidation sites excluding steroid dienone is 1. The van der Waals surface area contributed by atoms with Crippen molar-refractivity contribution in [3.8, 4) is 5.75 Å². The fraction of sp³-hybridized carbons (Fsp3) is 0.269. The van der Waals surface area contributed by atoms with E-state index in [0.29, 0.717) is 17.9 Å². The molecule has 0 saturated carbocycles. The zero-order valence-electron chi connectivity index (χ0n) is 19.8. The van der Waals surface area contributed by atoms with Gasteiger partial charge in [0.05, 0.1) is 18.8 Å². The highest BCUT2D eigenvalue weighted by atomic mass is 16.5. The Hall–Kier alpha value is -3.95. The van der Waals surface area contributed by atoms with E-state index in [1.165, 1.54) is 0 Å². The number of morpholine rings is 1. The maximum atomic E-state index is 12.7. The summed E-state index contributed by atoms with van der Waals surface area (Å²) in [6.07, 6.45) is 6.82. The highest BCUT2D eigenvalue weighted by molar-refractivity contribution is 5.86. The summed E-state index contributed by atoms with van der Waals surface area (Å²) in [4.78, 5) is 25.8. The number of benzene rings is 1. The van der Waals surface area contributed by atoms with Gasteiger partial charge in [-0.1, -0.05) is 12.7 Å². The standard InChI is InChI=1S/C26H30N6O3/c1-18(21-16-29-26(27)30-17-21)15-20-7-8-28-25(33)24(20)19(2)31-22-3-5-23(6-4-22)35-14-11-32-9-12-34-13-10-32/h3-8,15-17,31H,2,9-14H2,1H3,(H,28,33)(H2,27,29,30)/b18-15+. The Morgan fingerprint density at radius 1 is 1.23 bits per heavy atom. The van der Waals surface area contributed by atoms with Crippen LogP contribution in [0, 0.1) is 0 Å². The number of nitrogens with zero attached hydrogens (tertiary/aromatic N) is 3. The third kappa shape index (κ3) is 6.56. The Labute approximate surface area is 204 Å². The van der Waals surface area contributed by atoms with Gasteiger partial charge >= 0.3 is 0 Å². The first kappa shape index (κ1) is 24.2. The number of nitrogen functional groups attached to an aromatic ring is 1. The number of pyridine rings is 1. The number of anilines is 2. The summed E-state index contributed by atoms with van der Waals surface area (Å²) in [6, 6.07) is 9.43. The summed E-state index contributed by atoms with van der Waals surface area (Å²) < 4.78 is 11.2. The van der Waals surface area contributed by atoms with E-state index >= 15 is 0 Å². The maximum Gasteiger partial charge on any atom is 0.257 e.